The van der Waals surface area contributed by atoms with E-state index >= 15 is 0 Å². The molecule has 0 aliphatic carbocycles. The number of methoxy groups -OCH3 is 1. The number of nitrogens with zero attached hydrogens (tertiary/aromatic N) is 2. The number of carbonyl (C=O) groups excluding carboxylic acids is 1. The SMILES string of the molecule is COC(=O)CC1CN(c2cc(N)ccn2)CCO1. The summed E-state index contributed by atoms with van der Waals surface area (Å²) in [6.07, 6.45) is 1.78. The molecule has 6 nitrogen and oxygen atoms in total. The number of rotatable bonds is 3. The van der Waals surface area contributed by atoms with Crippen LogP contribution in [0, 0.1) is 0 Å². The summed E-state index contributed by atoms with van der Waals surface area (Å²) in [5.41, 5.74) is 6.41. The summed E-state index contributed by atoms with van der Waals surface area (Å²) in [5, 5.41) is 0. The fraction of sp³-hybridized carbons (Fsp3) is 0.500. The minimum absolute atomic E-state index is 0.158. The van der Waals surface area contributed by atoms with E-state index < -0.39 is 0 Å². The number of nitrogen functional groups attached to an aromatic ring is 1. The number of carbonyl (C=O) groups is 1. The molecule has 1 atom stereocenters. The van der Waals surface area contributed by atoms with E-state index in [1.54, 1.807) is 12.3 Å². The zero-order chi connectivity index (χ0) is 13.0. The summed E-state index contributed by atoms with van der Waals surface area (Å²) < 4.78 is 10.2. The molecule has 1 unspecified atom stereocenters. The summed E-state index contributed by atoms with van der Waals surface area (Å²) in [7, 11) is 1.38. The van der Waals surface area contributed by atoms with Crippen molar-refractivity contribution in [3.05, 3.63) is 18.3 Å². The Balaban J connectivity index is 2.00. The molecular formula is C12H17N3O3. The molecule has 0 amide bonds. The first-order valence-electron chi connectivity index (χ1n) is 5.84. The lowest BCUT2D eigenvalue weighted by Gasteiger charge is -2.33. The third-order valence-electron chi connectivity index (χ3n) is 2.85. The Hall–Kier alpha value is -1.82. The Morgan fingerprint density at radius 1 is 1.72 bits per heavy atom. The van der Waals surface area contributed by atoms with Crippen molar-refractivity contribution in [1.29, 1.82) is 0 Å². The lowest BCUT2D eigenvalue weighted by molar-refractivity contribution is -0.144. The Morgan fingerprint density at radius 3 is 3.28 bits per heavy atom. The number of pyridine rings is 1. The molecule has 6 heteroatoms. The van der Waals surface area contributed by atoms with Crippen molar-refractivity contribution < 1.29 is 14.3 Å². The second-order valence-electron chi connectivity index (χ2n) is 4.17. The highest BCUT2D eigenvalue weighted by atomic mass is 16.5. The Bertz CT molecular complexity index is 425. The van der Waals surface area contributed by atoms with E-state index in [-0.39, 0.29) is 18.5 Å². The quantitative estimate of drug-likeness (QED) is 0.785. The minimum Gasteiger partial charge on any atom is -0.469 e. The Kier molecular flexibility index (Phi) is 3.99. The van der Waals surface area contributed by atoms with Gasteiger partial charge in [0, 0.05) is 31.0 Å². The molecule has 0 saturated carbocycles. The largest absolute Gasteiger partial charge is 0.469 e. The molecule has 0 spiro atoms. The van der Waals surface area contributed by atoms with Gasteiger partial charge in [0.25, 0.3) is 0 Å². The number of nitrogens with two attached hydrogens (primary N) is 1. The van der Waals surface area contributed by atoms with Gasteiger partial charge in [-0.1, -0.05) is 0 Å². The summed E-state index contributed by atoms with van der Waals surface area (Å²) in [6, 6.07) is 3.57. The zero-order valence-electron chi connectivity index (χ0n) is 10.3. The fourth-order valence-electron chi connectivity index (χ4n) is 1.93. The predicted molar refractivity (Wildman–Crippen MR) is 67.2 cm³/mol. The van der Waals surface area contributed by atoms with Gasteiger partial charge in [-0.3, -0.25) is 4.79 Å². The first-order valence-corrected chi connectivity index (χ1v) is 5.84. The Morgan fingerprint density at radius 2 is 2.56 bits per heavy atom. The van der Waals surface area contributed by atoms with Crippen LogP contribution in [0.5, 0.6) is 0 Å². The number of anilines is 2. The van der Waals surface area contributed by atoms with Gasteiger partial charge in [-0.05, 0) is 6.07 Å². The maximum Gasteiger partial charge on any atom is 0.308 e. The van der Waals surface area contributed by atoms with Gasteiger partial charge in [0.05, 0.1) is 26.2 Å². The summed E-state index contributed by atoms with van der Waals surface area (Å²) in [5.74, 6) is 0.551. The van der Waals surface area contributed by atoms with Crippen LogP contribution in [0.2, 0.25) is 0 Å². The molecule has 0 radical (unpaired) electrons. The molecular weight excluding hydrogens is 234 g/mol. The smallest absolute Gasteiger partial charge is 0.308 e. The van der Waals surface area contributed by atoms with Gasteiger partial charge < -0.3 is 20.1 Å². The molecule has 1 fully saturated rings. The third-order valence-corrected chi connectivity index (χ3v) is 2.85. The van der Waals surface area contributed by atoms with E-state index in [9.17, 15) is 4.79 Å². The highest BCUT2D eigenvalue weighted by Gasteiger charge is 2.24. The first kappa shape index (κ1) is 12.6. The topological polar surface area (TPSA) is 77.7 Å². The van der Waals surface area contributed by atoms with Crippen LogP contribution in [-0.4, -0.2) is 43.9 Å². The van der Waals surface area contributed by atoms with Crippen molar-refractivity contribution in [2.45, 2.75) is 12.5 Å². The van der Waals surface area contributed by atoms with Gasteiger partial charge >= 0.3 is 5.97 Å². The van der Waals surface area contributed by atoms with Gasteiger partial charge in [-0.2, -0.15) is 0 Å². The van der Waals surface area contributed by atoms with Crippen LogP contribution in [-0.2, 0) is 14.3 Å². The first-order chi connectivity index (χ1) is 8.69. The highest BCUT2D eigenvalue weighted by molar-refractivity contribution is 5.70. The summed E-state index contributed by atoms with van der Waals surface area (Å²) >= 11 is 0. The van der Waals surface area contributed by atoms with E-state index in [1.165, 1.54) is 7.11 Å². The van der Waals surface area contributed by atoms with Crippen LogP contribution >= 0.6 is 0 Å². The van der Waals surface area contributed by atoms with Crippen molar-refractivity contribution >= 4 is 17.5 Å². The molecule has 1 aromatic rings. The minimum atomic E-state index is -0.262. The lowest BCUT2D eigenvalue weighted by Crippen LogP contribution is -2.43. The second kappa shape index (κ2) is 5.68. The van der Waals surface area contributed by atoms with E-state index in [0.717, 1.165) is 12.4 Å². The maximum atomic E-state index is 11.2. The van der Waals surface area contributed by atoms with E-state index in [0.29, 0.717) is 18.8 Å². The van der Waals surface area contributed by atoms with Gasteiger partial charge in [0.15, 0.2) is 0 Å². The highest BCUT2D eigenvalue weighted by Crippen LogP contribution is 2.18. The van der Waals surface area contributed by atoms with E-state index in [4.69, 9.17) is 10.5 Å². The van der Waals surface area contributed by atoms with Crippen molar-refractivity contribution in [3.8, 4) is 0 Å². The van der Waals surface area contributed by atoms with Crippen LogP contribution < -0.4 is 10.6 Å². The van der Waals surface area contributed by atoms with Gasteiger partial charge in [0.1, 0.15) is 5.82 Å². The second-order valence-corrected chi connectivity index (χ2v) is 4.17. The van der Waals surface area contributed by atoms with Crippen LogP contribution in [0.1, 0.15) is 6.42 Å². The molecule has 2 heterocycles. The maximum absolute atomic E-state index is 11.2. The molecule has 2 rings (SSSR count). The molecule has 1 aromatic heterocycles. The average Bonchev–Trinajstić information content (AvgIpc) is 2.39. The number of ether oxygens (including phenoxy) is 2. The average molecular weight is 251 g/mol. The van der Waals surface area contributed by atoms with Gasteiger partial charge in [0.2, 0.25) is 0 Å². The van der Waals surface area contributed by atoms with Gasteiger partial charge in [-0.15, -0.1) is 0 Å². The van der Waals surface area contributed by atoms with E-state index in [2.05, 4.69) is 14.6 Å². The molecule has 1 aliphatic heterocycles. The van der Waals surface area contributed by atoms with Crippen LogP contribution in [0.25, 0.3) is 0 Å². The Labute approximate surface area is 106 Å². The number of aromatic nitrogens is 1. The normalized spacial score (nSPS) is 19.6. The summed E-state index contributed by atoms with van der Waals surface area (Å²) in [4.78, 5) is 17.6. The molecule has 1 aliphatic rings. The van der Waals surface area contributed by atoms with Crippen molar-refractivity contribution in [3.63, 3.8) is 0 Å². The molecule has 0 aromatic carbocycles. The van der Waals surface area contributed by atoms with Crippen molar-refractivity contribution in [2.24, 2.45) is 0 Å². The third kappa shape index (κ3) is 3.10. The fourth-order valence-corrected chi connectivity index (χ4v) is 1.93. The van der Waals surface area contributed by atoms with Crippen LogP contribution in [0.15, 0.2) is 18.3 Å². The van der Waals surface area contributed by atoms with Crippen LogP contribution in [0.3, 0.4) is 0 Å². The number of hydrogen-bond acceptors (Lipinski definition) is 6. The standard InChI is InChI=1S/C12H17N3O3/c1-17-12(16)7-10-8-15(4-5-18-10)11-6-9(13)2-3-14-11/h2-3,6,10H,4-5,7-8H2,1H3,(H2,13,14). The number of morpholine rings is 1. The van der Waals surface area contributed by atoms with Crippen molar-refractivity contribution in [2.75, 3.05) is 37.4 Å². The number of esters is 1. The van der Waals surface area contributed by atoms with Crippen molar-refractivity contribution in [1.82, 2.24) is 4.98 Å². The number of hydrogen-bond donors (Lipinski definition) is 1. The van der Waals surface area contributed by atoms with Crippen LogP contribution in [0.4, 0.5) is 11.5 Å². The van der Waals surface area contributed by atoms with Gasteiger partial charge in [-0.25, -0.2) is 4.98 Å². The monoisotopic (exact) mass is 251 g/mol. The molecule has 1 saturated heterocycles. The zero-order valence-corrected chi connectivity index (χ0v) is 10.3. The predicted octanol–water partition coefficient (Wildman–Crippen LogP) is 0.432. The molecule has 2 N–H and O–H groups in total. The van der Waals surface area contributed by atoms with E-state index in [1.807, 2.05) is 6.07 Å². The molecule has 98 valence electrons. The lowest BCUT2D eigenvalue weighted by atomic mass is 10.2. The molecule has 18 heavy (non-hydrogen) atoms. The summed E-state index contributed by atoms with van der Waals surface area (Å²) in [6.45, 7) is 1.93. The molecule has 0 bridgehead atoms.